The summed E-state index contributed by atoms with van der Waals surface area (Å²) >= 11 is 5.46. The molecule has 152 valence electrons. The van der Waals surface area contributed by atoms with E-state index in [0.717, 1.165) is 7.05 Å². The third-order valence-electron chi connectivity index (χ3n) is 4.12. The minimum Gasteiger partial charge on any atom is -0.387 e. The van der Waals surface area contributed by atoms with E-state index in [2.05, 4.69) is 5.29 Å². The molecule has 1 heterocycles. The highest BCUT2D eigenvalue weighted by molar-refractivity contribution is 6.18. The third-order valence-corrected chi connectivity index (χ3v) is 4.29. The third kappa shape index (κ3) is 4.80. The van der Waals surface area contributed by atoms with Crippen LogP contribution in [0.25, 0.3) is 0 Å². The van der Waals surface area contributed by atoms with Crippen LogP contribution in [0, 0.1) is 10.8 Å². The maximum atomic E-state index is 12.2. The quantitative estimate of drug-likeness (QED) is 0.154. The number of hydrogen-bond donors (Lipinski definition) is 5. The standard InChI is InChI=1S/C14H26ClN3O8/c1-7(2)6-14(24)11(21)9(20)8(19)10(26-14)12(22)17(3)13(23)18(16-25)5-4-15/h7-12,19-22,24H,4-6H2,1-3H3/t8-,9-,10-,11+,12?,14-/m0/s1. The van der Waals surface area contributed by atoms with Crippen LogP contribution in [0.1, 0.15) is 20.3 Å². The summed E-state index contributed by atoms with van der Waals surface area (Å²) in [5.74, 6) is -2.49. The molecule has 5 N–H and O–H groups in total. The molecule has 1 fully saturated rings. The van der Waals surface area contributed by atoms with Gasteiger partial charge in [0.1, 0.15) is 24.4 Å². The van der Waals surface area contributed by atoms with Crippen LogP contribution >= 0.6 is 11.6 Å². The van der Waals surface area contributed by atoms with E-state index < -0.39 is 42.5 Å². The largest absolute Gasteiger partial charge is 0.387 e. The second-order valence-electron chi connectivity index (χ2n) is 6.65. The SMILES string of the molecule is CC(C)C[C@]1(O)O[C@H](C(O)N(C)C(=O)N(CCCl)N=O)[C@@H](O)[C@H](O)[C@H]1O. The molecule has 11 nitrogen and oxygen atoms in total. The fraction of sp³-hybridized carbons (Fsp3) is 0.929. The molecule has 1 aliphatic heterocycles. The summed E-state index contributed by atoms with van der Waals surface area (Å²) in [7, 11) is 1.11. The zero-order valence-electron chi connectivity index (χ0n) is 14.8. The summed E-state index contributed by atoms with van der Waals surface area (Å²) in [6.07, 6.45) is -9.10. The fourth-order valence-electron chi connectivity index (χ4n) is 2.78. The number of rotatable bonds is 7. The molecule has 0 radical (unpaired) electrons. The summed E-state index contributed by atoms with van der Waals surface area (Å²) in [6.45, 7) is 3.24. The highest BCUT2D eigenvalue weighted by Gasteiger charge is 2.55. The lowest BCUT2D eigenvalue weighted by atomic mass is 9.87. The number of amides is 2. The van der Waals surface area contributed by atoms with Gasteiger partial charge in [-0.25, -0.2) is 4.79 Å². The Hall–Kier alpha value is -1.08. The van der Waals surface area contributed by atoms with E-state index in [9.17, 15) is 35.2 Å². The monoisotopic (exact) mass is 399 g/mol. The molecule has 6 atom stereocenters. The number of hydrogen-bond acceptors (Lipinski definition) is 9. The van der Waals surface area contributed by atoms with E-state index >= 15 is 0 Å². The molecule has 1 saturated heterocycles. The van der Waals surface area contributed by atoms with Crippen LogP contribution < -0.4 is 0 Å². The van der Waals surface area contributed by atoms with Crippen LogP contribution in [0.15, 0.2) is 5.29 Å². The molecule has 0 spiro atoms. The number of carbonyl (C=O) groups excluding carboxylic acids is 1. The molecule has 0 aromatic carbocycles. The van der Waals surface area contributed by atoms with Gasteiger partial charge in [-0.15, -0.1) is 16.5 Å². The Balaban J connectivity index is 3.03. The summed E-state index contributed by atoms with van der Waals surface area (Å²) in [5, 5.41) is 54.0. The Labute approximate surface area is 155 Å². The van der Waals surface area contributed by atoms with Crippen molar-refractivity contribution in [2.75, 3.05) is 19.5 Å². The first-order valence-electron chi connectivity index (χ1n) is 8.06. The minimum atomic E-state index is -2.25. The molecule has 1 unspecified atom stereocenters. The summed E-state index contributed by atoms with van der Waals surface area (Å²) in [6, 6.07) is -1.03. The van der Waals surface area contributed by atoms with Crippen LogP contribution in [0.5, 0.6) is 0 Å². The Kier molecular flexibility index (Phi) is 8.14. The molecule has 2 amide bonds. The average Bonchev–Trinajstić information content (AvgIpc) is 2.58. The van der Waals surface area contributed by atoms with Gasteiger partial charge in [-0.1, -0.05) is 13.8 Å². The highest BCUT2D eigenvalue weighted by Crippen LogP contribution is 2.34. The van der Waals surface area contributed by atoms with Crippen molar-refractivity contribution >= 4 is 17.6 Å². The van der Waals surface area contributed by atoms with E-state index in [1.54, 1.807) is 13.8 Å². The summed E-state index contributed by atoms with van der Waals surface area (Å²) < 4.78 is 5.28. The number of carbonyl (C=O) groups is 1. The molecule has 0 aromatic heterocycles. The molecular formula is C14H26ClN3O8. The van der Waals surface area contributed by atoms with Gasteiger partial charge in [-0.2, -0.15) is 5.01 Å². The Morgan fingerprint density at radius 1 is 1.31 bits per heavy atom. The van der Waals surface area contributed by atoms with Crippen molar-refractivity contribution in [1.82, 2.24) is 9.91 Å². The van der Waals surface area contributed by atoms with Gasteiger partial charge in [0.15, 0.2) is 12.0 Å². The molecule has 1 rings (SSSR count). The molecule has 1 aliphatic rings. The Bertz CT molecular complexity index is 499. The predicted octanol–water partition coefficient (Wildman–Crippen LogP) is -1.20. The van der Waals surface area contributed by atoms with E-state index in [-0.39, 0.29) is 24.8 Å². The molecule has 12 heteroatoms. The number of nitroso groups, excluding NO2 is 1. The van der Waals surface area contributed by atoms with E-state index in [1.165, 1.54) is 0 Å². The first-order valence-corrected chi connectivity index (χ1v) is 8.59. The second kappa shape index (κ2) is 9.22. The van der Waals surface area contributed by atoms with Gasteiger partial charge < -0.3 is 30.3 Å². The van der Waals surface area contributed by atoms with Gasteiger partial charge in [-0.3, -0.25) is 4.90 Å². The van der Waals surface area contributed by atoms with E-state index in [4.69, 9.17) is 16.3 Å². The lowest BCUT2D eigenvalue weighted by molar-refractivity contribution is -0.366. The van der Waals surface area contributed by atoms with Crippen LogP contribution in [-0.2, 0) is 4.74 Å². The van der Waals surface area contributed by atoms with Crippen molar-refractivity contribution in [3.63, 3.8) is 0 Å². The summed E-state index contributed by atoms with van der Waals surface area (Å²) in [5.41, 5.74) is 0. The van der Waals surface area contributed by atoms with Gasteiger partial charge in [0.05, 0.1) is 11.8 Å². The average molecular weight is 400 g/mol. The van der Waals surface area contributed by atoms with Gasteiger partial charge in [0.25, 0.3) is 0 Å². The van der Waals surface area contributed by atoms with Crippen LogP contribution in [-0.4, -0.2) is 97.4 Å². The number of alkyl halides is 1. The van der Waals surface area contributed by atoms with Crippen molar-refractivity contribution in [2.45, 2.75) is 56.7 Å². The Morgan fingerprint density at radius 3 is 2.35 bits per heavy atom. The van der Waals surface area contributed by atoms with Gasteiger partial charge >= 0.3 is 6.03 Å². The van der Waals surface area contributed by atoms with Gasteiger partial charge in [0.2, 0.25) is 0 Å². The number of aliphatic hydroxyl groups is 5. The van der Waals surface area contributed by atoms with Crippen molar-refractivity contribution < 1.29 is 35.1 Å². The number of nitrogens with zero attached hydrogens (tertiary/aromatic N) is 3. The van der Waals surface area contributed by atoms with Crippen molar-refractivity contribution in [2.24, 2.45) is 11.2 Å². The number of halogens is 1. The minimum absolute atomic E-state index is 0.0803. The van der Waals surface area contributed by atoms with Crippen LogP contribution in [0.3, 0.4) is 0 Å². The van der Waals surface area contributed by atoms with Crippen LogP contribution in [0.4, 0.5) is 4.79 Å². The first kappa shape index (κ1) is 23.0. The van der Waals surface area contributed by atoms with Crippen molar-refractivity contribution in [3.8, 4) is 0 Å². The zero-order chi connectivity index (χ0) is 20.2. The molecule has 0 saturated carbocycles. The number of likely N-dealkylation sites (N-methyl/N-ethyl adjacent to an activating group) is 1. The lowest BCUT2D eigenvalue weighted by Crippen LogP contribution is -2.69. The Morgan fingerprint density at radius 2 is 1.88 bits per heavy atom. The first-order chi connectivity index (χ1) is 12.0. The summed E-state index contributed by atoms with van der Waals surface area (Å²) in [4.78, 5) is 23.5. The molecule has 26 heavy (non-hydrogen) atoms. The van der Waals surface area contributed by atoms with E-state index in [1.807, 2.05) is 0 Å². The lowest BCUT2D eigenvalue weighted by Gasteiger charge is -2.48. The van der Waals surface area contributed by atoms with E-state index in [0.29, 0.717) is 9.91 Å². The van der Waals surface area contributed by atoms with Crippen LogP contribution in [0.2, 0.25) is 0 Å². The molecule has 0 bridgehead atoms. The second-order valence-corrected chi connectivity index (χ2v) is 7.03. The number of aliphatic hydroxyl groups excluding tert-OH is 4. The zero-order valence-corrected chi connectivity index (χ0v) is 15.5. The topological polar surface area (TPSA) is 163 Å². The van der Waals surface area contributed by atoms with Crippen molar-refractivity contribution in [3.05, 3.63) is 4.91 Å². The normalized spacial score (nSPS) is 33.0. The van der Waals surface area contributed by atoms with Gasteiger partial charge in [-0.05, 0) is 5.92 Å². The smallest absolute Gasteiger partial charge is 0.344 e. The molecule has 0 aliphatic carbocycles. The number of urea groups is 1. The van der Waals surface area contributed by atoms with Gasteiger partial charge in [0, 0.05) is 19.3 Å². The van der Waals surface area contributed by atoms with Crippen molar-refractivity contribution in [1.29, 1.82) is 0 Å². The molecular weight excluding hydrogens is 374 g/mol. The predicted molar refractivity (Wildman–Crippen MR) is 89.7 cm³/mol. The maximum Gasteiger partial charge on any atom is 0.344 e. The molecule has 0 aromatic rings. The number of ether oxygens (including phenoxy) is 1. The highest BCUT2D eigenvalue weighted by atomic mass is 35.5. The maximum absolute atomic E-state index is 12.2. The fourth-order valence-corrected chi connectivity index (χ4v) is 2.94.